The number of carbonyl (C=O) groups excluding carboxylic acids is 2. The van der Waals surface area contributed by atoms with Crippen molar-refractivity contribution in [3.63, 3.8) is 0 Å². The Hall–Kier alpha value is -5.44. The van der Waals surface area contributed by atoms with Crippen molar-refractivity contribution in [3.05, 3.63) is 122 Å². The Balaban J connectivity index is 1.26. The smallest absolute Gasteiger partial charge is 0.417 e. The van der Waals surface area contributed by atoms with Gasteiger partial charge in [0.2, 0.25) is 0 Å². The Morgan fingerprint density at radius 2 is 1.80 bits per heavy atom. The third-order valence-electron chi connectivity index (χ3n) is 8.84. The first-order chi connectivity index (χ1) is 24.4. The van der Waals surface area contributed by atoms with Gasteiger partial charge >= 0.3 is 11.9 Å². The van der Waals surface area contributed by atoms with Gasteiger partial charge in [-0.15, -0.1) is 0 Å². The van der Waals surface area contributed by atoms with Crippen LogP contribution in [0.1, 0.15) is 57.4 Å². The number of benzene rings is 3. The van der Waals surface area contributed by atoms with Crippen LogP contribution in [-0.4, -0.2) is 48.0 Å². The van der Waals surface area contributed by atoms with Gasteiger partial charge in [-0.2, -0.15) is 13.2 Å². The number of ether oxygens (including phenoxy) is 1. The van der Waals surface area contributed by atoms with E-state index < -0.39 is 35.3 Å². The van der Waals surface area contributed by atoms with E-state index in [0.717, 1.165) is 18.9 Å². The topological polar surface area (TPSA) is 137 Å². The van der Waals surface area contributed by atoms with Gasteiger partial charge in [-0.25, -0.2) is 14.8 Å². The van der Waals surface area contributed by atoms with E-state index in [0.29, 0.717) is 28.4 Å². The van der Waals surface area contributed by atoms with E-state index in [1.807, 2.05) is 6.07 Å². The van der Waals surface area contributed by atoms with Crippen molar-refractivity contribution in [3.8, 4) is 22.8 Å². The molecule has 11 nitrogen and oxygen atoms in total. The molecule has 51 heavy (non-hydrogen) atoms. The molecule has 0 radical (unpaired) electrons. The standard InChI is InChI=1S/C36H31BrF3N7O4/c1-20-18-46-29(19-45(20)34(49)21-6-13-28(37)27(16-21)36(38,39)40)31(47(35(46)50)23-7-9-24(10-8-23)51-25-11-12-25)33(48)43-17-22-4-2-3-5-26(22)32-42-15-14-30(41)44-32/h2-10,13-16,20,25H,11-12,17-19H2,1H3,(H,43,48)(H2,41,42,44)/t20-/m1/s1. The summed E-state index contributed by atoms with van der Waals surface area (Å²) < 4.78 is 49.6. The fourth-order valence-electron chi connectivity index (χ4n) is 6.11. The lowest BCUT2D eigenvalue weighted by Crippen LogP contribution is -2.47. The second-order valence-electron chi connectivity index (χ2n) is 12.5. The van der Waals surface area contributed by atoms with E-state index in [2.05, 4.69) is 31.2 Å². The molecule has 2 aliphatic rings. The highest BCUT2D eigenvalue weighted by Crippen LogP contribution is 2.36. The number of halogens is 4. The van der Waals surface area contributed by atoms with E-state index in [1.165, 1.54) is 32.4 Å². The number of rotatable bonds is 8. The zero-order valence-electron chi connectivity index (χ0n) is 27.2. The number of nitrogen functional groups attached to an aromatic ring is 1. The van der Waals surface area contributed by atoms with Gasteiger partial charge in [-0.1, -0.05) is 40.2 Å². The van der Waals surface area contributed by atoms with Crippen molar-refractivity contribution in [2.45, 2.75) is 57.7 Å². The second kappa shape index (κ2) is 13.4. The van der Waals surface area contributed by atoms with E-state index in [4.69, 9.17) is 10.5 Å². The van der Waals surface area contributed by atoms with E-state index in [-0.39, 0.29) is 53.0 Å². The lowest BCUT2D eigenvalue weighted by atomic mass is 10.1. The minimum absolute atomic E-state index is 0.00825. The summed E-state index contributed by atoms with van der Waals surface area (Å²) in [6.07, 6.45) is -1.06. The highest BCUT2D eigenvalue weighted by Gasteiger charge is 2.37. The number of nitrogens with one attached hydrogen (secondary N) is 1. The van der Waals surface area contributed by atoms with Crippen LogP contribution in [0, 0.1) is 0 Å². The summed E-state index contributed by atoms with van der Waals surface area (Å²) in [7, 11) is 0. The number of nitrogens with two attached hydrogens (primary N) is 1. The molecule has 7 rings (SSSR count). The second-order valence-corrected chi connectivity index (χ2v) is 13.3. The number of alkyl halides is 3. The lowest BCUT2D eigenvalue weighted by Gasteiger charge is -2.34. The third-order valence-corrected chi connectivity index (χ3v) is 9.53. The van der Waals surface area contributed by atoms with Crippen LogP contribution in [0.2, 0.25) is 0 Å². The molecule has 0 saturated heterocycles. The third kappa shape index (κ3) is 6.85. The molecule has 1 aliphatic heterocycles. The van der Waals surface area contributed by atoms with Gasteiger partial charge in [0.15, 0.2) is 5.82 Å². The number of fused-ring (bicyclic) bond motifs is 1. The van der Waals surface area contributed by atoms with Crippen molar-refractivity contribution in [1.82, 2.24) is 29.3 Å². The first-order valence-corrected chi connectivity index (χ1v) is 16.9. The number of amides is 2. The minimum atomic E-state index is -4.69. The first kappa shape index (κ1) is 34.0. The average Bonchev–Trinajstić information content (AvgIpc) is 3.88. The number of hydrogen-bond acceptors (Lipinski definition) is 7. The van der Waals surface area contributed by atoms with Crippen molar-refractivity contribution < 1.29 is 27.5 Å². The summed E-state index contributed by atoms with van der Waals surface area (Å²) in [5.74, 6) is 0.00494. The van der Waals surface area contributed by atoms with Gasteiger partial charge in [0.25, 0.3) is 11.8 Å². The summed E-state index contributed by atoms with van der Waals surface area (Å²) in [5.41, 5.74) is 6.18. The maximum absolute atomic E-state index is 14.2. The van der Waals surface area contributed by atoms with Crippen LogP contribution >= 0.6 is 15.9 Å². The molecule has 1 fully saturated rings. The average molecular weight is 763 g/mol. The monoisotopic (exact) mass is 761 g/mol. The van der Waals surface area contributed by atoms with Crippen LogP contribution in [-0.2, 0) is 25.8 Å². The Bertz CT molecular complexity index is 2210. The molecule has 2 aromatic heterocycles. The van der Waals surface area contributed by atoms with Crippen LogP contribution in [0.4, 0.5) is 19.0 Å². The Morgan fingerprint density at radius 1 is 1.06 bits per heavy atom. The van der Waals surface area contributed by atoms with Crippen LogP contribution in [0.3, 0.4) is 0 Å². The van der Waals surface area contributed by atoms with Crippen LogP contribution in [0.25, 0.3) is 17.1 Å². The number of nitrogens with zero attached hydrogens (tertiary/aromatic N) is 5. The summed E-state index contributed by atoms with van der Waals surface area (Å²) >= 11 is 2.92. The number of anilines is 1. The van der Waals surface area contributed by atoms with E-state index in [9.17, 15) is 27.6 Å². The molecule has 3 N–H and O–H groups in total. The fraction of sp³-hybridized carbons (Fsp3) is 0.250. The van der Waals surface area contributed by atoms with Crippen LogP contribution in [0.15, 0.2) is 88.3 Å². The van der Waals surface area contributed by atoms with E-state index >= 15 is 0 Å². The molecule has 262 valence electrons. The van der Waals surface area contributed by atoms with Gasteiger partial charge in [0, 0.05) is 40.9 Å². The lowest BCUT2D eigenvalue weighted by molar-refractivity contribution is -0.138. The fourth-order valence-corrected chi connectivity index (χ4v) is 6.58. The zero-order valence-corrected chi connectivity index (χ0v) is 28.7. The van der Waals surface area contributed by atoms with E-state index in [1.54, 1.807) is 55.5 Å². The van der Waals surface area contributed by atoms with Crippen LogP contribution < -0.4 is 21.5 Å². The Labute approximate surface area is 298 Å². The Morgan fingerprint density at radius 3 is 2.51 bits per heavy atom. The minimum Gasteiger partial charge on any atom is -0.490 e. The largest absolute Gasteiger partial charge is 0.490 e. The maximum Gasteiger partial charge on any atom is 0.417 e. The first-order valence-electron chi connectivity index (χ1n) is 16.1. The molecule has 1 atom stereocenters. The Kier molecular flexibility index (Phi) is 8.91. The summed E-state index contributed by atoms with van der Waals surface area (Å²) in [6.45, 7) is 1.53. The molecule has 3 heterocycles. The molecule has 0 bridgehead atoms. The van der Waals surface area contributed by atoms with Gasteiger partial charge in [-0.05, 0) is 73.9 Å². The number of aromatic nitrogens is 4. The predicted molar refractivity (Wildman–Crippen MR) is 185 cm³/mol. The molecule has 5 aromatic rings. The predicted octanol–water partition coefficient (Wildman–Crippen LogP) is 5.98. The van der Waals surface area contributed by atoms with Crippen molar-refractivity contribution >= 4 is 33.6 Å². The maximum atomic E-state index is 14.2. The molecule has 3 aromatic carbocycles. The molecule has 1 saturated carbocycles. The number of hydrogen-bond donors (Lipinski definition) is 2. The highest BCUT2D eigenvalue weighted by atomic mass is 79.9. The summed E-state index contributed by atoms with van der Waals surface area (Å²) in [4.78, 5) is 52.1. The molecule has 0 unspecified atom stereocenters. The van der Waals surface area contributed by atoms with Gasteiger partial charge in [0.05, 0.1) is 29.6 Å². The molecule has 15 heteroatoms. The summed E-state index contributed by atoms with van der Waals surface area (Å²) in [5, 5.41) is 2.92. The van der Waals surface area contributed by atoms with Crippen molar-refractivity contribution in [2.24, 2.45) is 0 Å². The van der Waals surface area contributed by atoms with Crippen molar-refractivity contribution in [2.75, 3.05) is 5.73 Å². The van der Waals surface area contributed by atoms with Crippen LogP contribution in [0.5, 0.6) is 5.75 Å². The van der Waals surface area contributed by atoms with Gasteiger partial charge in [0.1, 0.15) is 17.3 Å². The number of imidazole rings is 1. The van der Waals surface area contributed by atoms with Gasteiger partial charge in [-0.3, -0.25) is 18.7 Å². The quantitative estimate of drug-likeness (QED) is 0.199. The zero-order chi connectivity index (χ0) is 36.0. The normalized spacial score (nSPS) is 15.7. The van der Waals surface area contributed by atoms with Gasteiger partial charge < -0.3 is 20.7 Å². The van der Waals surface area contributed by atoms with Crippen molar-refractivity contribution in [1.29, 1.82) is 0 Å². The molecule has 1 aliphatic carbocycles. The molecular formula is C36H31BrF3N7O4. The SMILES string of the molecule is C[C@@H]1Cn2c(c(C(=O)NCc3ccccc3-c3nccc(N)n3)n(-c3ccc(OC4CC4)cc3)c2=O)CN1C(=O)c1ccc(Br)c(C(F)(F)F)c1. The number of carbonyl (C=O) groups is 2. The molecule has 2 amide bonds. The molecular weight excluding hydrogens is 731 g/mol. The molecule has 0 spiro atoms. The highest BCUT2D eigenvalue weighted by molar-refractivity contribution is 9.10. The summed E-state index contributed by atoms with van der Waals surface area (Å²) in [6, 6.07) is 18.3.